The molecule has 1 aromatic rings. The van der Waals surface area contributed by atoms with Crippen LogP contribution >= 0.6 is 7.37 Å². The Hall–Kier alpha value is -1.98. The number of aromatic nitrogens is 2. The quantitative estimate of drug-likeness (QED) is 0.494. The van der Waals surface area contributed by atoms with Crippen molar-refractivity contribution in [1.82, 2.24) is 9.97 Å². The highest BCUT2D eigenvalue weighted by Crippen LogP contribution is 2.48. The molecule has 1 saturated carbocycles. The molecular formula is C25H37N4O3P. The second kappa shape index (κ2) is 9.71. The number of allylic oxidation sites excluding steroid dienone is 3. The number of unbranched alkanes of at least 4 members (excludes halogenated alkanes) is 1. The molecule has 1 aliphatic heterocycles. The topological polar surface area (TPSA) is 111 Å². The summed E-state index contributed by atoms with van der Waals surface area (Å²) in [7, 11) is -2.96. The highest BCUT2D eigenvalue weighted by molar-refractivity contribution is 7.57. The first-order valence-corrected chi connectivity index (χ1v) is 14.3. The number of nitrogens with zero attached hydrogens (tertiary/aromatic N) is 3. The van der Waals surface area contributed by atoms with Gasteiger partial charge < -0.3 is 15.4 Å². The maximum atomic E-state index is 12.5. The molecule has 0 saturated heterocycles. The number of anilines is 1. The maximum Gasteiger partial charge on any atom is 0.246 e. The van der Waals surface area contributed by atoms with Gasteiger partial charge in [0.1, 0.15) is 11.9 Å². The summed E-state index contributed by atoms with van der Waals surface area (Å²) in [5.41, 5.74) is 7.81. The van der Waals surface area contributed by atoms with E-state index < -0.39 is 13.0 Å². The van der Waals surface area contributed by atoms with Crippen molar-refractivity contribution >= 4 is 24.6 Å². The molecule has 3 aliphatic rings. The highest BCUT2D eigenvalue weighted by Gasteiger charge is 2.37. The number of nitrogens with two attached hydrogens (primary N) is 1. The van der Waals surface area contributed by atoms with Crippen LogP contribution in [-0.2, 0) is 4.57 Å². The first-order valence-electron chi connectivity index (χ1n) is 12.3. The van der Waals surface area contributed by atoms with E-state index >= 15 is 0 Å². The summed E-state index contributed by atoms with van der Waals surface area (Å²) in [5, 5.41) is 0. The Morgan fingerprint density at radius 2 is 2.00 bits per heavy atom. The fourth-order valence-electron chi connectivity index (χ4n) is 5.36. The van der Waals surface area contributed by atoms with E-state index in [1.807, 2.05) is 13.8 Å². The average Bonchev–Trinajstić information content (AvgIpc) is 2.77. The van der Waals surface area contributed by atoms with E-state index in [4.69, 9.17) is 15.5 Å². The minimum atomic E-state index is -2.96. The molecule has 0 bridgehead atoms. The van der Waals surface area contributed by atoms with Crippen molar-refractivity contribution in [3.8, 4) is 5.88 Å². The van der Waals surface area contributed by atoms with E-state index in [0.29, 0.717) is 47.5 Å². The van der Waals surface area contributed by atoms with Crippen LogP contribution in [0.25, 0.3) is 0 Å². The van der Waals surface area contributed by atoms with Gasteiger partial charge in [0.2, 0.25) is 13.2 Å². The number of nitrogen functional groups attached to an aromatic ring is 1. The summed E-state index contributed by atoms with van der Waals surface area (Å²) < 4.78 is 18.6. The molecule has 33 heavy (non-hydrogen) atoms. The third kappa shape index (κ3) is 5.58. The van der Waals surface area contributed by atoms with E-state index in [-0.39, 0.29) is 0 Å². The van der Waals surface area contributed by atoms with Crippen molar-refractivity contribution < 1.29 is 14.2 Å². The van der Waals surface area contributed by atoms with Crippen LogP contribution < -0.4 is 10.5 Å². The second-order valence-electron chi connectivity index (χ2n) is 10.3. The Balaban J connectivity index is 1.37. The van der Waals surface area contributed by atoms with Gasteiger partial charge in [-0.1, -0.05) is 31.6 Å². The van der Waals surface area contributed by atoms with Gasteiger partial charge >= 0.3 is 0 Å². The molecule has 0 amide bonds. The Morgan fingerprint density at radius 3 is 2.67 bits per heavy atom. The van der Waals surface area contributed by atoms with Gasteiger partial charge in [-0.05, 0) is 75.7 Å². The molecule has 180 valence electrons. The van der Waals surface area contributed by atoms with Crippen LogP contribution in [0.15, 0.2) is 35.1 Å². The third-order valence-corrected chi connectivity index (χ3v) is 9.37. The van der Waals surface area contributed by atoms with E-state index in [0.717, 1.165) is 56.2 Å². The van der Waals surface area contributed by atoms with Crippen molar-refractivity contribution in [1.29, 1.82) is 0 Å². The second-order valence-corrected chi connectivity index (χ2v) is 12.8. The molecule has 1 fully saturated rings. The van der Waals surface area contributed by atoms with E-state index in [2.05, 4.69) is 35.1 Å². The predicted molar refractivity (Wildman–Crippen MR) is 133 cm³/mol. The van der Waals surface area contributed by atoms with Crippen LogP contribution in [0.4, 0.5) is 11.5 Å². The molecule has 3 N–H and O–H groups in total. The highest BCUT2D eigenvalue weighted by atomic mass is 31.2. The Kier molecular flexibility index (Phi) is 7.11. The standard InChI is InChI=1S/C25H37N4O3P/c1-4-5-14-33(30,31)15-17-6-8-18(9-7-17)19-10-12-20(13-11-19)22-25(2,3)32-24-21(29-22)23(26)27-16-28-24/h10,12-13,16-19H,4-9,11,14-15H2,1-3H3,(H,30,31)(H2,26,27,28)/t17-,18-,19?. The molecule has 0 radical (unpaired) electrons. The van der Waals surface area contributed by atoms with Crippen molar-refractivity contribution in [2.45, 2.75) is 71.3 Å². The van der Waals surface area contributed by atoms with Gasteiger partial charge in [-0.2, -0.15) is 4.98 Å². The Labute approximate surface area is 197 Å². The smallest absolute Gasteiger partial charge is 0.246 e. The Bertz CT molecular complexity index is 1010. The molecule has 2 unspecified atom stereocenters. The van der Waals surface area contributed by atoms with Gasteiger partial charge in [-0.25, -0.2) is 9.98 Å². The van der Waals surface area contributed by atoms with E-state index in [1.165, 1.54) is 6.33 Å². The van der Waals surface area contributed by atoms with Gasteiger partial charge in [0.05, 0.1) is 5.71 Å². The first-order chi connectivity index (χ1) is 15.7. The summed E-state index contributed by atoms with van der Waals surface area (Å²) in [4.78, 5) is 23.3. The lowest BCUT2D eigenvalue weighted by Crippen LogP contribution is -2.41. The third-order valence-electron chi connectivity index (χ3n) is 7.27. The number of fused-ring (bicyclic) bond motifs is 1. The summed E-state index contributed by atoms with van der Waals surface area (Å²) in [5.74, 6) is 2.28. The number of aliphatic imine (C=N–C) groups is 1. The van der Waals surface area contributed by atoms with Crippen molar-refractivity contribution in [3.05, 3.63) is 30.1 Å². The van der Waals surface area contributed by atoms with Gasteiger partial charge in [0.25, 0.3) is 0 Å². The predicted octanol–water partition coefficient (Wildman–Crippen LogP) is 5.68. The maximum absolute atomic E-state index is 12.5. The first kappa shape index (κ1) is 24.2. The average molecular weight is 473 g/mol. The van der Waals surface area contributed by atoms with Crippen LogP contribution in [-0.4, -0.2) is 38.5 Å². The minimum absolute atomic E-state index is 0.324. The van der Waals surface area contributed by atoms with E-state index in [9.17, 15) is 9.46 Å². The molecule has 2 atom stereocenters. The summed E-state index contributed by atoms with van der Waals surface area (Å²) >= 11 is 0. The molecule has 2 heterocycles. The van der Waals surface area contributed by atoms with Gasteiger partial charge in [0, 0.05) is 12.3 Å². The molecule has 8 heteroatoms. The fourth-order valence-corrected chi connectivity index (χ4v) is 7.53. The van der Waals surface area contributed by atoms with Crippen molar-refractivity contribution in [2.75, 3.05) is 18.1 Å². The molecule has 4 rings (SSSR count). The molecule has 0 spiro atoms. The van der Waals surface area contributed by atoms with E-state index in [1.54, 1.807) is 0 Å². The number of ether oxygens (including phenoxy) is 1. The molecule has 7 nitrogen and oxygen atoms in total. The monoisotopic (exact) mass is 472 g/mol. The van der Waals surface area contributed by atoms with Gasteiger partial charge in [0.15, 0.2) is 11.5 Å². The minimum Gasteiger partial charge on any atom is -0.463 e. The normalized spacial score (nSPS) is 28.2. The fraction of sp³-hybridized carbons (Fsp3) is 0.640. The van der Waals surface area contributed by atoms with Crippen LogP contribution in [0.5, 0.6) is 5.88 Å². The molecular weight excluding hydrogens is 435 g/mol. The lowest BCUT2D eigenvalue weighted by Gasteiger charge is -2.35. The SMILES string of the molecule is CCCCP(=O)(O)C[C@H]1CC[C@H](C2C=CC(C3=Nc4c(N)ncnc4OC3(C)C)=CC2)CC1. The Morgan fingerprint density at radius 1 is 1.24 bits per heavy atom. The van der Waals surface area contributed by atoms with Crippen molar-refractivity contribution in [2.24, 2.45) is 22.7 Å². The molecule has 1 aromatic heterocycles. The summed E-state index contributed by atoms with van der Waals surface area (Å²) in [6, 6.07) is 0. The zero-order valence-electron chi connectivity index (χ0n) is 20.0. The largest absolute Gasteiger partial charge is 0.463 e. The van der Waals surface area contributed by atoms with Crippen LogP contribution in [0.3, 0.4) is 0 Å². The van der Waals surface area contributed by atoms with Crippen LogP contribution in [0, 0.1) is 17.8 Å². The van der Waals surface area contributed by atoms with Crippen LogP contribution in [0.2, 0.25) is 0 Å². The number of hydrogen-bond acceptors (Lipinski definition) is 6. The van der Waals surface area contributed by atoms with Crippen LogP contribution in [0.1, 0.15) is 65.7 Å². The summed E-state index contributed by atoms with van der Waals surface area (Å²) in [6.45, 7) is 6.06. The lowest BCUT2D eigenvalue weighted by molar-refractivity contribution is 0.171. The van der Waals surface area contributed by atoms with Gasteiger partial charge in [-0.3, -0.25) is 4.57 Å². The number of rotatable bonds is 7. The molecule has 0 aromatic carbocycles. The summed E-state index contributed by atoms with van der Waals surface area (Å²) in [6.07, 6.45) is 16.3. The lowest BCUT2D eigenvalue weighted by atomic mass is 9.73. The zero-order chi connectivity index (χ0) is 23.6. The number of hydrogen-bond donors (Lipinski definition) is 2. The zero-order valence-corrected chi connectivity index (χ0v) is 20.9. The van der Waals surface area contributed by atoms with Gasteiger partial charge in [-0.15, -0.1) is 0 Å². The molecule has 2 aliphatic carbocycles. The van der Waals surface area contributed by atoms with Crippen molar-refractivity contribution in [3.63, 3.8) is 0 Å².